The Morgan fingerprint density at radius 3 is 2.55 bits per heavy atom. The Hall–Kier alpha value is -2.43. The summed E-state index contributed by atoms with van der Waals surface area (Å²) in [4.78, 5) is 0. The van der Waals surface area contributed by atoms with Gasteiger partial charge in [-0.3, -0.25) is 0 Å². The summed E-state index contributed by atoms with van der Waals surface area (Å²) >= 11 is 0. The second kappa shape index (κ2) is 6.14. The lowest BCUT2D eigenvalue weighted by Crippen LogP contribution is -2.01. The molecule has 0 heterocycles. The van der Waals surface area contributed by atoms with Crippen molar-refractivity contribution in [1.29, 1.82) is 0 Å². The predicted octanol–water partition coefficient (Wildman–Crippen LogP) is 3.16. The first-order valence-corrected chi connectivity index (χ1v) is 6.08. The van der Waals surface area contributed by atoms with Crippen molar-refractivity contribution in [2.45, 2.75) is 6.54 Å². The molecule has 0 aliphatic carbocycles. The van der Waals surface area contributed by atoms with Crippen molar-refractivity contribution >= 4 is 5.69 Å². The van der Waals surface area contributed by atoms with Crippen molar-refractivity contribution in [3.63, 3.8) is 0 Å². The van der Waals surface area contributed by atoms with Gasteiger partial charge in [0.2, 0.25) is 0 Å². The number of ether oxygens (including phenoxy) is 2. The summed E-state index contributed by atoms with van der Waals surface area (Å²) in [7, 11) is 3.12. The first-order chi connectivity index (χ1) is 9.65. The molecule has 2 N–H and O–H groups in total. The van der Waals surface area contributed by atoms with E-state index in [0.717, 1.165) is 5.69 Å². The van der Waals surface area contributed by atoms with Gasteiger partial charge in [0.25, 0.3) is 0 Å². The van der Waals surface area contributed by atoms with Gasteiger partial charge in [0, 0.05) is 23.9 Å². The number of rotatable bonds is 5. The molecule has 0 fully saturated rings. The number of methoxy groups -OCH3 is 2. The van der Waals surface area contributed by atoms with Crippen LogP contribution in [0.4, 0.5) is 10.1 Å². The van der Waals surface area contributed by atoms with E-state index in [0.29, 0.717) is 23.6 Å². The van der Waals surface area contributed by atoms with Gasteiger partial charge in [-0.1, -0.05) is 12.1 Å². The summed E-state index contributed by atoms with van der Waals surface area (Å²) in [5.41, 5.74) is 1.27. The van der Waals surface area contributed by atoms with Crippen LogP contribution >= 0.6 is 0 Å². The van der Waals surface area contributed by atoms with E-state index < -0.39 is 5.82 Å². The van der Waals surface area contributed by atoms with E-state index in [9.17, 15) is 9.50 Å². The average molecular weight is 277 g/mol. The predicted molar refractivity (Wildman–Crippen MR) is 74.9 cm³/mol. The first kappa shape index (κ1) is 14.0. The van der Waals surface area contributed by atoms with E-state index in [1.54, 1.807) is 38.5 Å². The molecule has 0 aromatic heterocycles. The molecular formula is C15H16FNO3. The van der Waals surface area contributed by atoms with E-state index in [4.69, 9.17) is 9.47 Å². The first-order valence-electron chi connectivity index (χ1n) is 6.08. The topological polar surface area (TPSA) is 50.7 Å². The molecule has 5 heteroatoms. The van der Waals surface area contributed by atoms with Crippen molar-refractivity contribution in [2.24, 2.45) is 0 Å². The number of para-hydroxylation sites is 1. The molecule has 0 saturated heterocycles. The molecule has 0 spiro atoms. The van der Waals surface area contributed by atoms with Crippen LogP contribution in [-0.2, 0) is 6.54 Å². The standard InChI is InChI=1S/C15H16FNO3/c1-19-13-7-6-11(8-14(13)20-2)17-9-10-4-3-5-12(16)15(10)18/h3-8,17-18H,9H2,1-2H3. The minimum absolute atomic E-state index is 0.305. The molecule has 0 radical (unpaired) electrons. The Morgan fingerprint density at radius 2 is 1.85 bits per heavy atom. The fourth-order valence-electron chi connectivity index (χ4n) is 1.85. The number of phenols is 1. The normalized spacial score (nSPS) is 10.2. The van der Waals surface area contributed by atoms with Crippen LogP contribution < -0.4 is 14.8 Å². The molecule has 2 aromatic rings. The second-order valence-corrected chi connectivity index (χ2v) is 4.17. The lowest BCUT2D eigenvalue weighted by molar-refractivity contribution is 0.355. The lowest BCUT2D eigenvalue weighted by atomic mass is 10.2. The molecule has 0 aliphatic rings. The van der Waals surface area contributed by atoms with Gasteiger partial charge in [-0.05, 0) is 18.2 Å². The number of benzene rings is 2. The highest BCUT2D eigenvalue weighted by Crippen LogP contribution is 2.30. The zero-order valence-corrected chi connectivity index (χ0v) is 11.3. The van der Waals surface area contributed by atoms with Gasteiger partial charge < -0.3 is 19.9 Å². The highest BCUT2D eigenvalue weighted by Gasteiger charge is 2.07. The average Bonchev–Trinajstić information content (AvgIpc) is 2.48. The molecule has 0 aliphatic heterocycles. The van der Waals surface area contributed by atoms with Gasteiger partial charge in [-0.15, -0.1) is 0 Å². The number of halogens is 1. The third-order valence-corrected chi connectivity index (χ3v) is 2.94. The van der Waals surface area contributed by atoms with Crippen LogP contribution in [0.25, 0.3) is 0 Å². The Morgan fingerprint density at radius 1 is 1.10 bits per heavy atom. The van der Waals surface area contributed by atoms with Crippen LogP contribution in [0.15, 0.2) is 36.4 Å². The van der Waals surface area contributed by atoms with Crippen LogP contribution in [-0.4, -0.2) is 19.3 Å². The smallest absolute Gasteiger partial charge is 0.165 e. The van der Waals surface area contributed by atoms with Crippen molar-refractivity contribution < 1.29 is 19.0 Å². The van der Waals surface area contributed by atoms with Crippen LogP contribution in [0.2, 0.25) is 0 Å². The molecule has 0 amide bonds. The Labute approximate surface area is 116 Å². The minimum atomic E-state index is -0.628. The van der Waals surface area contributed by atoms with Gasteiger partial charge in [0.15, 0.2) is 23.1 Å². The fourth-order valence-corrected chi connectivity index (χ4v) is 1.85. The van der Waals surface area contributed by atoms with Gasteiger partial charge in [0.1, 0.15) is 0 Å². The summed E-state index contributed by atoms with van der Waals surface area (Å²) in [6.07, 6.45) is 0. The molecule has 20 heavy (non-hydrogen) atoms. The Kier molecular flexibility index (Phi) is 4.30. The van der Waals surface area contributed by atoms with Crippen LogP contribution in [0.3, 0.4) is 0 Å². The molecule has 4 nitrogen and oxygen atoms in total. The van der Waals surface area contributed by atoms with Crippen molar-refractivity contribution in [2.75, 3.05) is 19.5 Å². The van der Waals surface area contributed by atoms with E-state index in [2.05, 4.69) is 5.32 Å². The number of nitrogens with one attached hydrogen (secondary N) is 1. The SMILES string of the molecule is COc1ccc(NCc2cccc(F)c2O)cc1OC. The number of hydrogen-bond acceptors (Lipinski definition) is 4. The summed E-state index contributed by atoms with van der Waals surface area (Å²) < 4.78 is 23.6. The van der Waals surface area contributed by atoms with Crippen LogP contribution in [0.1, 0.15) is 5.56 Å². The van der Waals surface area contributed by atoms with E-state index in [1.165, 1.54) is 6.07 Å². The second-order valence-electron chi connectivity index (χ2n) is 4.17. The van der Waals surface area contributed by atoms with Crippen LogP contribution in [0.5, 0.6) is 17.2 Å². The van der Waals surface area contributed by atoms with Gasteiger partial charge in [-0.2, -0.15) is 0 Å². The Bertz CT molecular complexity index is 602. The molecule has 106 valence electrons. The van der Waals surface area contributed by atoms with Gasteiger partial charge in [0.05, 0.1) is 14.2 Å². The summed E-state index contributed by atoms with van der Waals surface area (Å²) in [6, 6.07) is 9.79. The number of hydrogen-bond donors (Lipinski definition) is 2. The fraction of sp³-hybridized carbons (Fsp3) is 0.200. The maximum Gasteiger partial charge on any atom is 0.165 e. The maximum absolute atomic E-state index is 13.2. The zero-order valence-electron chi connectivity index (χ0n) is 11.3. The number of phenolic OH excluding ortho intramolecular Hbond substituents is 1. The lowest BCUT2D eigenvalue weighted by Gasteiger charge is -2.12. The quantitative estimate of drug-likeness (QED) is 0.881. The van der Waals surface area contributed by atoms with Crippen molar-refractivity contribution in [3.05, 3.63) is 47.8 Å². The third-order valence-electron chi connectivity index (χ3n) is 2.94. The molecule has 0 atom stereocenters. The summed E-state index contributed by atoms with van der Waals surface area (Å²) in [6.45, 7) is 0.305. The highest BCUT2D eigenvalue weighted by molar-refractivity contribution is 5.55. The van der Waals surface area contributed by atoms with Crippen LogP contribution in [0, 0.1) is 5.82 Å². The largest absolute Gasteiger partial charge is 0.505 e. The number of anilines is 1. The Balaban J connectivity index is 2.13. The van der Waals surface area contributed by atoms with E-state index in [1.807, 2.05) is 6.07 Å². The zero-order chi connectivity index (χ0) is 14.5. The molecular weight excluding hydrogens is 261 g/mol. The van der Waals surface area contributed by atoms with Crippen molar-refractivity contribution in [3.8, 4) is 17.2 Å². The van der Waals surface area contributed by atoms with Gasteiger partial charge >= 0.3 is 0 Å². The molecule has 0 bridgehead atoms. The summed E-state index contributed by atoms with van der Waals surface area (Å²) in [5.74, 6) is 0.268. The molecule has 2 aromatic carbocycles. The molecule has 2 rings (SSSR count). The van der Waals surface area contributed by atoms with E-state index >= 15 is 0 Å². The third kappa shape index (κ3) is 2.93. The minimum Gasteiger partial charge on any atom is -0.505 e. The van der Waals surface area contributed by atoms with E-state index in [-0.39, 0.29) is 5.75 Å². The highest BCUT2D eigenvalue weighted by atomic mass is 19.1. The maximum atomic E-state index is 13.2. The monoisotopic (exact) mass is 277 g/mol. The molecule has 0 unspecified atom stereocenters. The summed E-state index contributed by atoms with van der Waals surface area (Å²) in [5, 5.41) is 12.7. The van der Waals surface area contributed by atoms with Gasteiger partial charge in [-0.25, -0.2) is 4.39 Å². The van der Waals surface area contributed by atoms with Crippen molar-refractivity contribution in [1.82, 2.24) is 0 Å². The number of aromatic hydroxyl groups is 1. The molecule has 0 saturated carbocycles.